The summed E-state index contributed by atoms with van der Waals surface area (Å²) in [4.78, 5) is 0. The molecule has 0 amide bonds. The second-order valence-electron chi connectivity index (χ2n) is 5.42. The number of hydrogen-bond acceptors (Lipinski definition) is 2. The van der Waals surface area contributed by atoms with Crippen molar-refractivity contribution in [3.05, 3.63) is 66.4 Å². The number of aryl methyl sites for hydroxylation is 1. The first kappa shape index (κ1) is 17.1. The topological polar surface area (TPSA) is 18.5 Å². The molecule has 0 saturated carbocycles. The van der Waals surface area contributed by atoms with E-state index in [1.54, 1.807) is 13.2 Å². The molecular formula is C20H23FO2. The molecule has 0 bridgehead atoms. The fourth-order valence-corrected chi connectivity index (χ4v) is 2.40. The highest BCUT2D eigenvalue weighted by molar-refractivity contribution is 5.65. The molecule has 0 radical (unpaired) electrons. The van der Waals surface area contributed by atoms with E-state index in [1.165, 1.54) is 25.4 Å². The van der Waals surface area contributed by atoms with Crippen LogP contribution in [0.4, 0.5) is 4.39 Å². The van der Waals surface area contributed by atoms with Crippen LogP contribution in [0.25, 0.3) is 11.1 Å². The van der Waals surface area contributed by atoms with Gasteiger partial charge in [-0.15, -0.1) is 0 Å². The number of hydrogen-bond donors (Lipinski definition) is 0. The minimum atomic E-state index is -0.174. The minimum Gasteiger partial charge on any atom is -0.501 e. The normalized spacial score (nSPS) is 10.9. The van der Waals surface area contributed by atoms with Gasteiger partial charge < -0.3 is 9.47 Å². The molecule has 0 unspecified atom stereocenters. The first-order chi connectivity index (χ1) is 11.2. The maximum absolute atomic E-state index is 14.3. The average Bonchev–Trinajstić information content (AvgIpc) is 2.56. The Morgan fingerprint density at radius 2 is 1.78 bits per heavy atom. The lowest BCUT2D eigenvalue weighted by Crippen LogP contribution is -1.91. The summed E-state index contributed by atoms with van der Waals surface area (Å²) in [7, 11) is 1.55. The van der Waals surface area contributed by atoms with Crippen molar-refractivity contribution in [1.82, 2.24) is 0 Å². The van der Waals surface area contributed by atoms with E-state index >= 15 is 0 Å². The van der Waals surface area contributed by atoms with Crippen LogP contribution in [-0.2, 0) is 11.2 Å². The Kier molecular flexibility index (Phi) is 6.67. The predicted molar refractivity (Wildman–Crippen MR) is 91.8 cm³/mol. The van der Waals surface area contributed by atoms with Gasteiger partial charge in [0.25, 0.3) is 0 Å². The number of methoxy groups -OCH3 is 1. The molecule has 0 atom stereocenters. The zero-order chi connectivity index (χ0) is 16.5. The molecule has 0 spiro atoms. The summed E-state index contributed by atoms with van der Waals surface area (Å²) in [6, 6.07) is 12.8. The first-order valence-electron chi connectivity index (χ1n) is 7.98. The second-order valence-corrected chi connectivity index (χ2v) is 5.42. The molecule has 0 fully saturated rings. The van der Waals surface area contributed by atoms with Gasteiger partial charge in [-0.2, -0.15) is 0 Å². The van der Waals surface area contributed by atoms with Crippen LogP contribution in [0.5, 0.6) is 5.75 Å². The van der Waals surface area contributed by atoms with Gasteiger partial charge in [-0.3, -0.25) is 0 Å². The van der Waals surface area contributed by atoms with E-state index in [2.05, 4.69) is 6.92 Å². The second kappa shape index (κ2) is 8.99. The van der Waals surface area contributed by atoms with Crippen molar-refractivity contribution >= 4 is 0 Å². The largest absolute Gasteiger partial charge is 0.501 e. The highest BCUT2D eigenvalue weighted by atomic mass is 19.1. The number of rotatable bonds is 8. The van der Waals surface area contributed by atoms with Gasteiger partial charge in [0, 0.05) is 5.56 Å². The summed E-state index contributed by atoms with van der Waals surface area (Å²) in [6.45, 7) is 2.17. The van der Waals surface area contributed by atoms with Crippen LogP contribution in [-0.4, -0.2) is 7.11 Å². The Morgan fingerprint density at radius 1 is 1.00 bits per heavy atom. The van der Waals surface area contributed by atoms with Gasteiger partial charge in [0.2, 0.25) is 0 Å². The lowest BCUT2D eigenvalue weighted by Gasteiger charge is -2.08. The molecule has 0 saturated heterocycles. The van der Waals surface area contributed by atoms with Crippen molar-refractivity contribution in [1.29, 1.82) is 0 Å². The quantitative estimate of drug-likeness (QED) is 0.458. The van der Waals surface area contributed by atoms with E-state index in [1.807, 2.05) is 36.4 Å². The van der Waals surface area contributed by atoms with Gasteiger partial charge in [-0.1, -0.05) is 44.0 Å². The molecule has 0 aliphatic rings. The summed E-state index contributed by atoms with van der Waals surface area (Å²) < 4.78 is 24.4. The highest BCUT2D eigenvalue weighted by Crippen LogP contribution is 2.26. The van der Waals surface area contributed by atoms with E-state index in [0.717, 1.165) is 24.0 Å². The zero-order valence-electron chi connectivity index (χ0n) is 13.7. The van der Waals surface area contributed by atoms with Gasteiger partial charge >= 0.3 is 0 Å². The maximum atomic E-state index is 14.3. The van der Waals surface area contributed by atoms with Crippen molar-refractivity contribution in [2.75, 3.05) is 7.11 Å². The van der Waals surface area contributed by atoms with Crippen LogP contribution in [0.15, 0.2) is 55.0 Å². The molecule has 3 heteroatoms. The van der Waals surface area contributed by atoms with Crippen molar-refractivity contribution < 1.29 is 13.9 Å². The Labute approximate surface area is 137 Å². The third kappa shape index (κ3) is 5.13. The molecule has 2 nitrogen and oxygen atoms in total. The third-order valence-electron chi connectivity index (χ3n) is 3.66. The standard InChI is InChI=1S/C20H23FO2/c1-3-4-5-6-16-7-12-19(20(21)15-16)17-8-10-18(11-9-17)23-14-13-22-2/h7-15H,3-6H2,1-2H3/b14-13-. The number of ether oxygens (including phenoxy) is 2. The van der Waals surface area contributed by atoms with Gasteiger partial charge in [-0.25, -0.2) is 4.39 Å². The van der Waals surface area contributed by atoms with Crippen molar-refractivity contribution in [3.8, 4) is 16.9 Å². The van der Waals surface area contributed by atoms with Crippen molar-refractivity contribution in [2.45, 2.75) is 32.6 Å². The number of benzene rings is 2. The summed E-state index contributed by atoms with van der Waals surface area (Å²) >= 11 is 0. The molecule has 0 aliphatic carbocycles. The van der Waals surface area contributed by atoms with Crippen LogP contribution in [0.2, 0.25) is 0 Å². The molecule has 0 aliphatic heterocycles. The van der Waals surface area contributed by atoms with Crippen LogP contribution >= 0.6 is 0 Å². The molecule has 0 N–H and O–H groups in total. The molecule has 0 heterocycles. The summed E-state index contributed by atoms with van der Waals surface area (Å²) in [5.41, 5.74) is 2.51. The lowest BCUT2D eigenvalue weighted by atomic mass is 10.0. The fourth-order valence-electron chi connectivity index (χ4n) is 2.40. The molecule has 2 rings (SSSR count). The van der Waals surface area contributed by atoms with Gasteiger partial charge in [0.1, 0.15) is 24.1 Å². The average molecular weight is 314 g/mol. The van der Waals surface area contributed by atoms with Gasteiger partial charge in [0.05, 0.1) is 7.11 Å². The number of halogens is 1. The molecule has 122 valence electrons. The van der Waals surface area contributed by atoms with Crippen molar-refractivity contribution in [3.63, 3.8) is 0 Å². The molecule has 0 aromatic heterocycles. The van der Waals surface area contributed by atoms with Crippen molar-refractivity contribution in [2.24, 2.45) is 0 Å². The fraction of sp³-hybridized carbons (Fsp3) is 0.300. The SMILES string of the molecule is CCCCCc1ccc(-c2ccc(O/C=C\OC)cc2)c(F)c1. The van der Waals surface area contributed by atoms with E-state index < -0.39 is 0 Å². The molecule has 2 aromatic rings. The Morgan fingerprint density at radius 3 is 2.43 bits per heavy atom. The molecule has 23 heavy (non-hydrogen) atoms. The highest BCUT2D eigenvalue weighted by Gasteiger charge is 2.06. The summed E-state index contributed by atoms with van der Waals surface area (Å²) in [5, 5.41) is 0. The van der Waals surface area contributed by atoms with E-state index in [0.29, 0.717) is 11.3 Å². The van der Waals surface area contributed by atoms with Gasteiger partial charge in [0.15, 0.2) is 0 Å². The minimum absolute atomic E-state index is 0.174. The smallest absolute Gasteiger partial charge is 0.131 e. The Hall–Kier alpha value is -2.29. The van der Waals surface area contributed by atoms with E-state index in [9.17, 15) is 4.39 Å². The van der Waals surface area contributed by atoms with Crippen LogP contribution in [0.1, 0.15) is 31.7 Å². The Bertz CT molecular complexity index is 633. The van der Waals surface area contributed by atoms with E-state index in [-0.39, 0.29) is 5.82 Å². The third-order valence-corrected chi connectivity index (χ3v) is 3.66. The summed E-state index contributed by atoms with van der Waals surface area (Å²) in [6.07, 6.45) is 7.31. The molecule has 2 aromatic carbocycles. The van der Waals surface area contributed by atoms with Crippen LogP contribution in [0.3, 0.4) is 0 Å². The first-order valence-corrected chi connectivity index (χ1v) is 7.98. The predicted octanol–water partition coefficient (Wildman–Crippen LogP) is 5.72. The monoisotopic (exact) mass is 314 g/mol. The summed E-state index contributed by atoms with van der Waals surface area (Å²) in [5.74, 6) is 0.505. The van der Waals surface area contributed by atoms with E-state index in [4.69, 9.17) is 9.47 Å². The van der Waals surface area contributed by atoms with Crippen LogP contribution in [0, 0.1) is 5.82 Å². The molecular weight excluding hydrogens is 291 g/mol. The van der Waals surface area contributed by atoms with Gasteiger partial charge in [-0.05, 0) is 42.2 Å². The lowest BCUT2D eigenvalue weighted by molar-refractivity contribution is 0.319. The number of unbranched alkanes of at least 4 members (excludes halogenated alkanes) is 2. The van der Waals surface area contributed by atoms with Crippen LogP contribution < -0.4 is 4.74 Å². The zero-order valence-corrected chi connectivity index (χ0v) is 13.7. The Balaban J connectivity index is 2.07. The maximum Gasteiger partial charge on any atom is 0.131 e.